The second-order valence-corrected chi connectivity index (χ2v) is 9.68. The van der Waals surface area contributed by atoms with Crippen LogP contribution in [0.4, 0.5) is 5.95 Å². The molecule has 1 N–H and O–H groups in total. The molecule has 5 aromatic rings. The Kier molecular flexibility index (Phi) is 5.73. The maximum atomic E-state index is 12.5. The van der Waals surface area contributed by atoms with E-state index in [1.165, 1.54) is 45.8 Å². The minimum Gasteiger partial charge on any atom is -0.293 e. The van der Waals surface area contributed by atoms with Gasteiger partial charge in [-0.3, -0.25) is 14.5 Å². The van der Waals surface area contributed by atoms with E-state index in [1.54, 1.807) is 0 Å². The average Bonchev–Trinajstić information content (AvgIpc) is 3.52. The molecule has 0 spiro atoms. The van der Waals surface area contributed by atoms with Gasteiger partial charge in [-0.05, 0) is 48.1 Å². The van der Waals surface area contributed by atoms with E-state index in [4.69, 9.17) is 0 Å². The fourth-order valence-corrected chi connectivity index (χ4v) is 5.42. The number of hydrogen-bond acceptors (Lipinski definition) is 8. The van der Waals surface area contributed by atoms with Gasteiger partial charge < -0.3 is 0 Å². The van der Waals surface area contributed by atoms with Gasteiger partial charge in [-0.25, -0.2) is 0 Å². The van der Waals surface area contributed by atoms with Crippen LogP contribution in [0, 0.1) is 13.8 Å². The van der Waals surface area contributed by atoms with E-state index in [0.29, 0.717) is 11.1 Å². The number of rotatable bonds is 6. The first-order valence-corrected chi connectivity index (χ1v) is 12.4. The molecule has 0 saturated carbocycles. The molecular formula is C22H18N6OS3. The fourth-order valence-electron chi connectivity index (χ4n) is 3.15. The number of aromatic nitrogens is 5. The normalized spacial score (nSPS) is 11.2. The van der Waals surface area contributed by atoms with Crippen LogP contribution in [-0.2, 0) is 4.79 Å². The van der Waals surface area contributed by atoms with E-state index in [9.17, 15) is 4.79 Å². The number of amides is 1. The number of thioether (sulfide) groups is 1. The Hall–Kier alpha value is -3.08. The second kappa shape index (κ2) is 8.81. The van der Waals surface area contributed by atoms with Crippen molar-refractivity contribution in [2.24, 2.45) is 0 Å². The highest BCUT2D eigenvalue weighted by Gasteiger charge is 2.16. The van der Waals surface area contributed by atoms with Crippen LogP contribution in [0.1, 0.15) is 11.1 Å². The van der Waals surface area contributed by atoms with Crippen molar-refractivity contribution >= 4 is 51.4 Å². The molecule has 0 unspecified atom stereocenters. The van der Waals surface area contributed by atoms with Crippen LogP contribution in [0.2, 0.25) is 0 Å². The van der Waals surface area contributed by atoms with Gasteiger partial charge in [0.2, 0.25) is 16.8 Å². The molecule has 160 valence electrons. The summed E-state index contributed by atoms with van der Waals surface area (Å²) >= 11 is 4.13. The number of carbonyl (C=O) groups is 1. The predicted molar refractivity (Wildman–Crippen MR) is 130 cm³/mol. The highest BCUT2D eigenvalue weighted by molar-refractivity contribution is 7.99. The Morgan fingerprint density at radius 1 is 1.06 bits per heavy atom. The fraction of sp³-hybridized carbons (Fsp3) is 0.136. The van der Waals surface area contributed by atoms with Gasteiger partial charge in [0.05, 0.1) is 11.4 Å². The quantitative estimate of drug-likeness (QED) is 0.332. The zero-order valence-corrected chi connectivity index (χ0v) is 19.7. The molecule has 0 fully saturated rings. The molecule has 5 rings (SSSR count). The number of fused-ring (bicyclic) bond motifs is 1. The van der Waals surface area contributed by atoms with Crippen LogP contribution >= 0.6 is 34.6 Å². The Balaban J connectivity index is 1.29. The van der Waals surface area contributed by atoms with Crippen molar-refractivity contribution in [3.63, 3.8) is 0 Å². The van der Waals surface area contributed by atoms with Crippen LogP contribution in [0.5, 0.6) is 0 Å². The largest absolute Gasteiger partial charge is 0.293 e. The summed E-state index contributed by atoms with van der Waals surface area (Å²) in [4.78, 5) is 17.7. The van der Waals surface area contributed by atoms with Crippen molar-refractivity contribution in [3.05, 3.63) is 65.0 Å². The minimum atomic E-state index is -0.188. The summed E-state index contributed by atoms with van der Waals surface area (Å²) in [7, 11) is 0. The van der Waals surface area contributed by atoms with Crippen molar-refractivity contribution in [1.82, 2.24) is 24.0 Å². The molecule has 2 aromatic carbocycles. The molecule has 0 bridgehead atoms. The van der Waals surface area contributed by atoms with E-state index in [2.05, 4.69) is 62.3 Å². The third-order valence-electron chi connectivity index (χ3n) is 4.95. The first kappa shape index (κ1) is 20.8. The first-order valence-electron chi connectivity index (χ1n) is 9.80. The van der Waals surface area contributed by atoms with Crippen molar-refractivity contribution in [2.45, 2.75) is 19.0 Å². The summed E-state index contributed by atoms with van der Waals surface area (Å²) in [5, 5.41) is 14.8. The molecule has 10 heteroatoms. The molecule has 3 heterocycles. The van der Waals surface area contributed by atoms with Crippen molar-refractivity contribution in [1.29, 1.82) is 0 Å². The lowest BCUT2D eigenvalue weighted by molar-refractivity contribution is -0.113. The molecule has 32 heavy (non-hydrogen) atoms. The minimum absolute atomic E-state index is 0.183. The van der Waals surface area contributed by atoms with Crippen LogP contribution in [-0.4, -0.2) is 35.6 Å². The average molecular weight is 479 g/mol. The van der Waals surface area contributed by atoms with E-state index >= 15 is 0 Å². The van der Waals surface area contributed by atoms with Gasteiger partial charge in [0.25, 0.3) is 0 Å². The van der Waals surface area contributed by atoms with E-state index < -0.39 is 0 Å². The zero-order valence-electron chi connectivity index (χ0n) is 17.3. The lowest BCUT2D eigenvalue weighted by Crippen LogP contribution is -2.15. The lowest BCUT2D eigenvalue weighted by atomic mass is 10.1. The highest BCUT2D eigenvalue weighted by Crippen LogP contribution is 2.31. The maximum absolute atomic E-state index is 12.5. The van der Waals surface area contributed by atoms with Crippen LogP contribution in [0.3, 0.4) is 0 Å². The summed E-state index contributed by atoms with van der Waals surface area (Å²) in [6.45, 7) is 4.20. The van der Waals surface area contributed by atoms with Gasteiger partial charge in [0.15, 0.2) is 5.16 Å². The van der Waals surface area contributed by atoms with E-state index in [-0.39, 0.29) is 11.7 Å². The standard InChI is InChI=1S/C22H18N6OS3/c1-13-8-9-16(10-14(13)2)17-11-30-21-25-26-22(28(17)21)31-12-18(29)23-20-24-19(32-27-20)15-6-4-3-5-7-15/h3-11H,12H2,1-2H3,(H,23,27,29). The summed E-state index contributed by atoms with van der Waals surface area (Å²) in [6.07, 6.45) is 0. The smallest absolute Gasteiger partial charge is 0.241 e. The molecular weight excluding hydrogens is 460 g/mol. The SMILES string of the molecule is Cc1ccc(-c2csc3nnc(SCC(=O)Nc4nsc(-c5ccccc5)n4)n23)cc1C. The molecule has 0 radical (unpaired) electrons. The number of carbonyl (C=O) groups excluding carboxylic acids is 1. The summed E-state index contributed by atoms with van der Waals surface area (Å²) in [5.74, 6) is 0.312. The van der Waals surface area contributed by atoms with Crippen LogP contribution < -0.4 is 5.32 Å². The molecule has 0 aliphatic heterocycles. The van der Waals surface area contributed by atoms with Gasteiger partial charge in [0, 0.05) is 10.9 Å². The van der Waals surface area contributed by atoms with Gasteiger partial charge in [0.1, 0.15) is 5.01 Å². The Labute approximate surface area is 196 Å². The van der Waals surface area contributed by atoms with Crippen LogP contribution in [0.15, 0.2) is 59.1 Å². The molecule has 1 amide bonds. The topological polar surface area (TPSA) is 85.1 Å². The number of nitrogens with one attached hydrogen (secondary N) is 1. The molecule has 3 aromatic heterocycles. The summed E-state index contributed by atoms with van der Waals surface area (Å²) in [6, 6.07) is 16.1. The first-order chi connectivity index (χ1) is 15.6. The number of hydrogen-bond donors (Lipinski definition) is 1. The summed E-state index contributed by atoms with van der Waals surface area (Å²) in [5.41, 5.74) is 5.58. The monoisotopic (exact) mass is 478 g/mol. The molecule has 0 saturated heterocycles. The van der Waals surface area contributed by atoms with Crippen molar-refractivity contribution in [2.75, 3.05) is 11.1 Å². The lowest BCUT2D eigenvalue weighted by Gasteiger charge is -2.06. The Morgan fingerprint density at radius 3 is 2.72 bits per heavy atom. The number of aryl methyl sites for hydroxylation is 2. The Morgan fingerprint density at radius 2 is 1.91 bits per heavy atom. The zero-order chi connectivity index (χ0) is 22.1. The number of anilines is 1. The maximum Gasteiger partial charge on any atom is 0.241 e. The molecule has 0 atom stereocenters. The number of nitrogens with zero attached hydrogens (tertiary/aromatic N) is 5. The predicted octanol–water partition coefficient (Wildman–Crippen LogP) is 5.32. The van der Waals surface area contributed by atoms with E-state index in [1.807, 2.05) is 34.7 Å². The third-order valence-corrected chi connectivity index (χ3v) is 7.46. The second-order valence-electron chi connectivity index (χ2n) is 7.15. The Bertz CT molecular complexity index is 1410. The van der Waals surface area contributed by atoms with Crippen molar-refractivity contribution < 1.29 is 4.79 Å². The third kappa shape index (κ3) is 4.16. The molecule has 0 aliphatic rings. The van der Waals surface area contributed by atoms with E-state index in [0.717, 1.165) is 26.8 Å². The van der Waals surface area contributed by atoms with Gasteiger partial charge in [-0.1, -0.05) is 54.2 Å². The molecule has 0 aliphatic carbocycles. The van der Waals surface area contributed by atoms with Gasteiger partial charge >= 0.3 is 0 Å². The van der Waals surface area contributed by atoms with Gasteiger partial charge in [-0.2, -0.15) is 9.36 Å². The summed E-state index contributed by atoms with van der Waals surface area (Å²) < 4.78 is 6.25. The van der Waals surface area contributed by atoms with Crippen molar-refractivity contribution in [3.8, 4) is 21.8 Å². The highest BCUT2D eigenvalue weighted by atomic mass is 32.2. The number of thiazole rings is 1. The van der Waals surface area contributed by atoms with Gasteiger partial charge in [-0.15, -0.1) is 21.5 Å². The molecule has 7 nitrogen and oxygen atoms in total. The number of benzene rings is 2. The van der Waals surface area contributed by atoms with Crippen LogP contribution in [0.25, 0.3) is 26.8 Å².